The van der Waals surface area contributed by atoms with Gasteiger partial charge in [-0.05, 0) is 26.4 Å². The Balaban J connectivity index is 0. The van der Waals surface area contributed by atoms with Crippen molar-refractivity contribution in [3.63, 3.8) is 0 Å². The van der Waals surface area contributed by atoms with Gasteiger partial charge in [-0.1, -0.05) is 13.8 Å². The number of nitrogens with two attached hydrogens (primary N) is 1. The minimum absolute atomic E-state index is 0.0203. The zero-order valence-electron chi connectivity index (χ0n) is 12.2. The van der Waals surface area contributed by atoms with Crippen LogP contribution in [-0.4, -0.2) is 53.2 Å². The van der Waals surface area contributed by atoms with E-state index in [9.17, 15) is 14.4 Å². The highest BCUT2D eigenvalue weighted by molar-refractivity contribution is 5.86. The molecule has 0 saturated carbocycles. The van der Waals surface area contributed by atoms with Crippen molar-refractivity contribution >= 4 is 17.8 Å². The van der Waals surface area contributed by atoms with Gasteiger partial charge in [0.2, 0.25) is 5.91 Å². The van der Waals surface area contributed by atoms with Gasteiger partial charge < -0.3 is 26.6 Å². The van der Waals surface area contributed by atoms with E-state index in [-0.39, 0.29) is 12.8 Å². The second-order valence-electron chi connectivity index (χ2n) is 4.06. The highest BCUT2D eigenvalue weighted by Crippen LogP contribution is 1.95. The lowest BCUT2D eigenvalue weighted by Crippen LogP contribution is -2.47. The normalized spacial score (nSPS) is 12.6. The molecule has 2 atom stereocenters. The van der Waals surface area contributed by atoms with Crippen LogP contribution in [0.3, 0.4) is 0 Å². The first kappa shape index (κ1) is 20.6. The zero-order valence-corrected chi connectivity index (χ0v) is 12.2. The Morgan fingerprint density at radius 3 is 1.95 bits per heavy atom. The standard InChI is InChI=1S/C8H14N2O5.C4H11N/c1-4(8(14)15)10-7(13)5(9)2-3-6(11)12;1-3-5-4-2/h4-5H,2-3,9H2,1H3,(H,10,13)(H,11,12)(H,14,15);5H,3-4H2,1-2H3/t4-,5-;/m0./s1. The smallest absolute Gasteiger partial charge is 0.325 e. The van der Waals surface area contributed by atoms with Gasteiger partial charge in [-0.25, -0.2) is 0 Å². The van der Waals surface area contributed by atoms with Gasteiger partial charge in [0, 0.05) is 6.42 Å². The molecule has 0 radical (unpaired) electrons. The van der Waals surface area contributed by atoms with E-state index in [1.807, 2.05) is 0 Å². The van der Waals surface area contributed by atoms with E-state index in [4.69, 9.17) is 15.9 Å². The Morgan fingerprint density at radius 1 is 1.15 bits per heavy atom. The second kappa shape index (κ2) is 12.4. The Bertz CT molecular complexity index is 307. The van der Waals surface area contributed by atoms with Gasteiger partial charge in [0.05, 0.1) is 6.04 Å². The molecule has 0 unspecified atom stereocenters. The van der Waals surface area contributed by atoms with Crippen LogP contribution in [-0.2, 0) is 14.4 Å². The number of aliphatic carboxylic acids is 2. The molecule has 8 nitrogen and oxygen atoms in total. The van der Waals surface area contributed by atoms with Crippen LogP contribution < -0.4 is 16.4 Å². The predicted octanol–water partition coefficient (Wildman–Crippen LogP) is -0.616. The largest absolute Gasteiger partial charge is 0.481 e. The molecule has 8 heteroatoms. The number of hydrogen-bond acceptors (Lipinski definition) is 5. The third-order valence-electron chi connectivity index (χ3n) is 2.24. The van der Waals surface area contributed by atoms with Crippen LogP contribution >= 0.6 is 0 Å². The van der Waals surface area contributed by atoms with Crippen molar-refractivity contribution in [2.45, 2.75) is 45.7 Å². The summed E-state index contributed by atoms with van der Waals surface area (Å²) < 4.78 is 0. The quantitative estimate of drug-likeness (QED) is 0.401. The number of carbonyl (C=O) groups excluding carboxylic acids is 1. The third kappa shape index (κ3) is 12.8. The average molecular weight is 291 g/mol. The lowest BCUT2D eigenvalue weighted by molar-refractivity contribution is -0.142. The third-order valence-corrected chi connectivity index (χ3v) is 2.24. The van der Waals surface area contributed by atoms with Crippen molar-refractivity contribution < 1.29 is 24.6 Å². The summed E-state index contributed by atoms with van der Waals surface area (Å²) in [4.78, 5) is 31.7. The van der Waals surface area contributed by atoms with Crippen molar-refractivity contribution in [3.8, 4) is 0 Å². The van der Waals surface area contributed by atoms with E-state index < -0.39 is 29.9 Å². The van der Waals surface area contributed by atoms with Crippen LogP contribution in [0.15, 0.2) is 0 Å². The topological polar surface area (TPSA) is 142 Å². The molecule has 0 aromatic heterocycles. The van der Waals surface area contributed by atoms with Crippen LogP contribution in [0.2, 0.25) is 0 Å². The van der Waals surface area contributed by atoms with Crippen molar-refractivity contribution in [2.24, 2.45) is 5.73 Å². The number of carbonyl (C=O) groups is 3. The minimum Gasteiger partial charge on any atom is -0.481 e. The van der Waals surface area contributed by atoms with Crippen molar-refractivity contribution in [3.05, 3.63) is 0 Å². The summed E-state index contributed by atoms with van der Waals surface area (Å²) in [6.45, 7) is 7.68. The van der Waals surface area contributed by atoms with Gasteiger partial charge in [-0.2, -0.15) is 0 Å². The molecule has 1 amide bonds. The fourth-order valence-electron chi connectivity index (χ4n) is 1.04. The van der Waals surface area contributed by atoms with Gasteiger partial charge in [0.1, 0.15) is 6.04 Å². The van der Waals surface area contributed by atoms with Crippen LogP contribution in [0.5, 0.6) is 0 Å². The first-order chi connectivity index (χ1) is 9.26. The molecule has 6 N–H and O–H groups in total. The van der Waals surface area contributed by atoms with E-state index in [1.54, 1.807) is 0 Å². The molecule has 0 saturated heterocycles. The SMILES string of the molecule is CCNCC.C[C@H](NC(=O)[C@@H](N)CCC(=O)O)C(=O)O. The van der Waals surface area contributed by atoms with E-state index in [2.05, 4.69) is 24.5 Å². The van der Waals surface area contributed by atoms with E-state index in [0.717, 1.165) is 13.1 Å². The molecule has 0 aliphatic rings. The van der Waals surface area contributed by atoms with Gasteiger partial charge in [-0.15, -0.1) is 0 Å². The van der Waals surface area contributed by atoms with Gasteiger partial charge in [-0.3, -0.25) is 14.4 Å². The number of nitrogens with one attached hydrogen (secondary N) is 2. The fourth-order valence-corrected chi connectivity index (χ4v) is 1.04. The van der Waals surface area contributed by atoms with Gasteiger partial charge >= 0.3 is 11.9 Å². The highest BCUT2D eigenvalue weighted by atomic mass is 16.4. The van der Waals surface area contributed by atoms with Crippen LogP contribution in [0.4, 0.5) is 0 Å². The van der Waals surface area contributed by atoms with Crippen molar-refractivity contribution in [2.75, 3.05) is 13.1 Å². The van der Waals surface area contributed by atoms with E-state index >= 15 is 0 Å². The fraction of sp³-hybridized carbons (Fsp3) is 0.750. The van der Waals surface area contributed by atoms with Crippen molar-refractivity contribution in [1.82, 2.24) is 10.6 Å². The van der Waals surface area contributed by atoms with E-state index in [1.165, 1.54) is 6.92 Å². The summed E-state index contributed by atoms with van der Waals surface area (Å²) in [5, 5.41) is 22.1. The molecular weight excluding hydrogens is 266 g/mol. The number of carboxylic acids is 2. The minimum atomic E-state index is -1.17. The Kier molecular flexibility index (Phi) is 12.8. The molecule has 118 valence electrons. The molecular formula is C12H25N3O5. The molecule has 0 aliphatic carbocycles. The first-order valence-corrected chi connectivity index (χ1v) is 6.47. The number of carboxylic acid groups (broad SMARTS) is 2. The maximum atomic E-state index is 11.2. The summed E-state index contributed by atoms with van der Waals surface area (Å²) in [5.74, 6) is -2.88. The molecule has 20 heavy (non-hydrogen) atoms. The maximum Gasteiger partial charge on any atom is 0.325 e. The van der Waals surface area contributed by atoms with Crippen LogP contribution in [0.25, 0.3) is 0 Å². The van der Waals surface area contributed by atoms with Crippen LogP contribution in [0.1, 0.15) is 33.6 Å². The molecule has 0 bridgehead atoms. The lowest BCUT2D eigenvalue weighted by atomic mass is 10.1. The number of rotatable bonds is 8. The Morgan fingerprint density at radius 2 is 1.65 bits per heavy atom. The molecule has 0 fully saturated rings. The monoisotopic (exact) mass is 291 g/mol. The molecule has 0 rings (SSSR count). The van der Waals surface area contributed by atoms with Crippen LogP contribution in [0, 0.1) is 0 Å². The summed E-state index contributed by atoms with van der Waals surface area (Å²) >= 11 is 0. The summed E-state index contributed by atoms with van der Waals surface area (Å²) in [6.07, 6.45) is -0.246. The average Bonchev–Trinajstić information content (AvgIpc) is 2.37. The first-order valence-electron chi connectivity index (χ1n) is 6.47. The molecule has 0 aromatic rings. The lowest BCUT2D eigenvalue weighted by Gasteiger charge is -2.13. The molecule has 0 aromatic carbocycles. The summed E-state index contributed by atoms with van der Waals surface area (Å²) in [7, 11) is 0. The van der Waals surface area contributed by atoms with Crippen molar-refractivity contribution in [1.29, 1.82) is 0 Å². The zero-order chi connectivity index (χ0) is 16.1. The van der Waals surface area contributed by atoms with Gasteiger partial charge in [0.25, 0.3) is 0 Å². The summed E-state index contributed by atoms with van der Waals surface area (Å²) in [5.41, 5.74) is 5.35. The summed E-state index contributed by atoms with van der Waals surface area (Å²) in [6, 6.07) is -2.03. The Labute approximate surface area is 118 Å². The number of hydrogen-bond donors (Lipinski definition) is 5. The molecule has 0 spiro atoms. The highest BCUT2D eigenvalue weighted by Gasteiger charge is 2.19. The van der Waals surface area contributed by atoms with Gasteiger partial charge in [0.15, 0.2) is 0 Å². The Hall–Kier alpha value is -1.67. The maximum absolute atomic E-state index is 11.2. The number of amides is 1. The molecule has 0 aliphatic heterocycles. The predicted molar refractivity (Wildman–Crippen MR) is 74.3 cm³/mol. The van der Waals surface area contributed by atoms with E-state index in [0.29, 0.717) is 0 Å². The molecule has 0 heterocycles. The second-order valence-corrected chi connectivity index (χ2v) is 4.06.